The van der Waals surface area contributed by atoms with Crippen molar-refractivity contribution < 1.29 is 27.2 Å². The highest BCUT2D eigenvalue weighted by molar-refractivity contribution is 9.10. The number of hydrogen-bond donors (Lipinski definition) is 2. The van der Waals surface area contributed by atoms with E-state index < -0.39 is 15.9 Å². The molecular weight excluding hydrogens is 706 g/mol. The molecule has 0 atom stereocenters. The smallest absolute Gasteiger partial charge is 0.267 e. The van der Waals surface area contributed by atoms with Gasteiger partial charge < -0.3 is 14.5 Å². The molecule has 3 aromatic carbocycles. The van der Waals surface area contributed by atoms with Gasteiger partial charge in [0.2, 0.25) is 10.0 Å². The molecule has 0 radical (unpaired) electrons. The summed E-state index contributed by atoms with van der Waals surface area (Å²) in [6.45, 7) is 1.72. The van der Waals surface area contributed by atoms with Crippen LogP contribution in [0.4, 0.5) is 5.69 Å². The van der Waals surface area contributed by atoms with Crippen LogP contribution in [0.5, 0.6) is 5.75 Å². The van der Waals surface area contributed by atoms with Crippen LogP contribution in [0.2, 0.25) is 0 Å². The van der Waals surface area contributed by atoms with Gasteiger partial charge in [0.25, 0.3) is 11.8 Å². The Morgan fingerprint density at radius 3 is 2.55 bits per heavy atom. The number of carbonyl (C=O) groups excluding carboxylic acids is 2. The van der Waals surface area contributed by atoms with Crippen LogP contribution in [-0.2, 0) is 26.2 Å². The van der Waals surface area contributed by atoms with Gasteiger partial charge in [0.15, 0.2) is 11.8 Å². The average molecular weight is 735 g/mol. The fourth-order valence-electron chi connectivity index (χ4n) is 4.27. The number of ether oxygens (including phenoxy) is 1. The Kier molecular flexibility index (Phi) is 10.9. The second-order valence-electron chi connectivity index (χ2n) is 10.1. The van der Waals surface area contributed by atoms with Crippen molar-refractivity contribution >= 4 is 78.8 Å². The number of nitrogens with one attached hydrogen (secondary N) is 1. The minimum Gasteiger partial charge on any atom is -0.483 e. The van der Waals surface area contributed by atoms with Crippen molar-refractivity contribution in [2.24, 2.45) is 15.3 Å². The molecule has 0 aliphatic carbocycles. The summed E-state index contributed by atoms with van der Waals surface area (Å²) >= 11 is 4.61. The highest BCUT2D eigenvalue weighted by atomic mass is 79.9. The third-order valence-corrected chi connectivity index (χ3v) is 8.88. The van der Waals surface area contributed by atoms with Crippen molar-refractivity contribution in [2.45, 2.75) is 18.4 Å². The SMILES string of the molecule is CC(/C=N\N=C1\S/C(=C\c2cc(Br)ccc2OCC(=O)Nc2ccc(S(N)(=O)=O)cc2)C(=O)N1Cc1ccco1)=C\c1ccccc1. The zero-order valence-corrected chi connectivity index (χ0v) is 28.1. The van der Waals surface area contributed by atoms with Gasteiger partial charge in [-0.2, -0.15) is 5.10 Å². The number of rotatable bonds is 11. The first-order valence-electron chi connectivity index (χ1n) is 14.0. The summed E-state index contributed by atoms with van der Waals surface area (Å²) in [5.41, 5.74) is 2.82. The summed E-state index contributed by atoms with van der Waals surface area (Å²) < 4.78 is 35.0. The van der Waals surface area contributed by atoms with Crippen molar-refractivity contribution in [1.29, 1.82) is 0 Å². The van der Waals surface area contributed by atoms with E-state index in [2.05, 4.69) is 31.4 Å². The molecule has 1 aliphatic rings. The summed E-state index contributed by atoms with van der Waals surface area (Å²) in [6.07, 6.45) is 6.80. The van der Waals surface area contributed by atoms with E-state index in [0.717, 1.165) is 27.4 Å². The number of nitrogens with two attached hydrogens (primary N) is 1. The van der Waals surface area contributed by atoms with E-state index >= 15 is 0 Å². The van der Waals surface area contributed by atoms with Crippen LogP contribution >= 0.6 is 27.7 Å². The van der Waals surface area contributed by atoms with Gasteiger partial charge >= 0.3 is 0 Å². The van der Waals surface area contributed by atoms with Crippen molar-refractivity contribution in [2.75, 3.05) is 11.9 Å². The van der Waals surface area contributed by atoms with E-state index in [1.54, 1.807) is 42.6 Å². The Balaban J connectivity index is 1.33. The zero-order valence-electron chi connectivity index (χ0n) is 24.9. The van der Waals surface area contributed by atoms with Crippen LogP contribution < -0.4 is 15.2 Å². The first-order valence-corrected chi connectivity index (χ1v) is 17.1. The van der Waals surface area contributed by atoms with Gasteiger partial charge in [0.05, 0.1) is 28.8 Å². The number of halogens is 1. The molecule has 240 valence electrons. The fraction of sp³-hybridized carbons (Fsp3) is 0.0909. The largest absolute Gasteiger partial charge is 0.483 e. The Morgan fingerprint density at radius 2 is 1.85 bits per heavy atom. The Bertz CT molecular complexity index is 1990. The number of furan rings is 1. The van der Waals surface area contributed by atoms with E-state index in [0.29, 0.717) is 32.8 Å². The third kappa shape index (κ3) is 9.39. The molecule has 2 heterocycles. The summed E-state index contributed by atoms with van der Waals surface area (Å²) in [5, 5.41) is 16.7. The van der Waals surface area contributed by atoms with E-state index in [1.165, 1.54) is 35.4 Å². The Morgan fingerprint density at radius 1 is 1.09 bits per heavy atom. The molecule has 3 N–H and O–H groups in total. The maximum Gasteiger partial charge on any atom is 0.267 e. The number of nitrogens with zero attached hydrogens (tertiary/aromatic N) is 3. The van der Waals surface area contributed by atoms with Gasteiger partial charge in [0, 0.05) is 15.7 Å². The molecule has 11 nitrogen and oxygen atoms in total. The summed E-state index contributed by atoms with van der Waals surface area (Å²) in [6, 6.07) is 24.0. The summed E-state index contributed by atoms with van der Waals surface area (Å²) in [7, 11) is -3.85. The number of hydrogen-bond acceptors (Lipinski definition) is 9. The minimum absolute atomic E-state index is 0.0728. The first kappa shape index (κ1) is 33.6. The number of amides is 2. The predicted molar refractivity (Wildman–Crippen MR) is 187 cm³/mol. The van der Waals surface area contributed by atoms with Crippen molar-refractivity contribution in [3.63, 3.8) is 0 Å². The van der Waals surface area contributed by atoms with Crippen LogP contribution in [0.1, 0.15) is 23.8 Å². The molecule has 0 saturated carbocycles. The third-order valence-electron chi connectivity index (χ3n) is 6.46. The van der Waals surface area contributed by atoms with Gasteiger partial charge in [-0.05, 0) is 90.5 Å². The molecule has 4 aromatic rings. The van der Waals surface area contributed by atoms with Crippen molar-refractivity contribution in [3.8, 4) is 5.75 Å². The lowest BCUT2D eigenvalue weighted by molar-refractivity contribution is -0.122. The number of allylic oxidation sites excluding steroid dienone is 1. The molecule has 0 spiro atoms. The van der Waals surface area contributed by atoms with Gasteiger partial charge in [0.1, 0.15) is 11.5 Å². The van der Waals surface area contributed by atoms with Gasteiger partial charge in [-0.25, -0.2) is 13.6 Å². The molecule has 1 fully saturated rings. The average Bonchev–Trinajstić information content (AvgIpc) is 3.65. The molecule has 1 aromatic heterocycles. The maximum atomic E-state index is 13.6. The topological polar surface area (TPSA) is 157 Å². The van der Waals surface area contributed by atoms with Crippen LogP contribution in [0, 0.1) is 0 Å². The first-order chi connectivity index (χ1) is 22.5. The standard InChI is InChI=1S/C33H28BrN5O6S2/c1-22(16-23-6-3-2-4-7-23)19-36-38-33-39(20-27-8-5-15-44-27)32(41)30(46-33)18-24-17-25(34)9-14-29(24)45-21-31(40)37-26-10-12-28(13-11-26)47(35,42)43/h2-19H,20-21H2,1H3,(H,37,40)(H2,35,42,43)/b22-16+,30-18-,36-19-,38-33+. The maximum absolute atomic E-state index is 13.6. The number of primary sulfonamides is 1. The molecule has 0 unspecified atom stereocenters. The van der Waals surface area contributed by atoms with Crippen LogP contribution in [-0.4, -0.2) is 43.1 Å². The Labute approximate surface area is 284 Å². The number of carbonyl (C=O) groups is 2. The van der Waals surface area contributed by atoms with E-state index in [4.69, 9.17) is 14.3 Å². The molecule has 1 saturated heterocycles. The minimum atomic E-state index is -3.85. The highest BCUT2D eigenvalue weighted by Crippen LogP contribution is 2.36. The second kappa shape index (κ2) is 15.2. The van der Waals surface area contributed by atoms with Gasteiger partial charge in [-0.3, -0.25) is 14.5 Å². The molecule has 14 heteroatoms. The number of thioether (sulfide) groups is 1. The van der Waals surface area contributed by atoms with Crippen LogP contribution in [0.3, 0.4) is 0 Å². The van der Waals surface area contributed by atoms with Crippen LogP contribution in [0.25, 0.3) is 12.2 Å². The molecule has 2 amide bonds. The summed E-state index contributed by atoms with van der Waals surface area (Å²) in [5.74, 6) is 0.156. The molecule has 47 heavy (non-hydrogen) atoms. The molecule has 0 bridgehead atoms. The normalized spacial score (nSPS) is 15.6. The summed E-state index contributed by atoms with van der Waals surface area (Å²) in [4.78, 5) is 28.0. The fourth-order valence-corrected chi connectivity index (χ4v) is 6.09. The quantitative estimate of drug-likeness (QED) is 0.105. The molecule has 5 rings (SSSR count). The lowest BCUT2D eigenvalue weighted by Crippen LogP contribution is -2.28. The monoisotopic (exact) mass is 733 g/mol. The van der Waals surface area contributed by atoms with Crippen molar-refractivity contribution in [3.05, 3.63) is 123 Å². The lowest BCUT2D eigenvalue weighted by atomic mass is 10.1. The number of anilines is 1. The van der Waals surface area contributed by atoms with E-state index in [1.807, 2.05) is 43.3 Å². The van der Waals surface area contributed by atoms with Gasteiger partial charge in [-0.1, -0.05) is 52.3 Å². The number of amidine groups is 1. The lowest BCUT2D eigenvalue weighted by Gasteiger charge is -2.13. The molecule has 1 aliphatic heterocycles. The number of sulfonamides is 1. The molecular formula is C33H28BrN5O6S2. The highest BCUT2D eigenvalue weighted by Gasteiger charge is 2.34. The van der Waals surface area contributed by atoms with Crippen molar-refractivity contribution in [1.82, 2.24) is 4.90 Å². The zero-order chi connectivity index (χ0) is 33.4. The number of benzene rings is 3. The van der Waals surface area contributed by atoms with Crippen LogP contribution in [0.15, 0.2) is 126 Å². The Hall–Kier alpha value is -4.76. The second-order valence-corrected chi connectivity index (χ2v) is 13.6. The van der Waals surface area contributed by atoms with E-state index in [-0.39, 0.29) is 24.0 Å². The van der Waals surface area contributed by atoms with E-state index in [9.17, 15) is 18.0 Å². The van der Waals surface area contributed by atoms with Gasteiger partial charge in [-0.15, -0.1) is 5.10 Å². The predicted octanol–water partition coefficient (Wildman–Crippen LogP) is 6.27.